The van der Waals surface area contributed by atoms with E-state index in [1.54, 1.807) is 0 Å². The number of rotatable bonds is 6. The van der Waals surface area contributed by atoms with Crippen molar-refractivity contribution in [2.45, 2.75) is 0 Å². The van der Waals surface area contributed by atoms with Gasteiger partial charge in [-0.3, -0.25) is 0 Å². The van der Waals surface area contributed by atoms with Gasteiger partial charge >= 0.3 is 0 Å². The van der Waals surface area contributed by atoms with Gasteiger partial charge in [-0.15, -0.1) is 11.3 Å². The Hall–Kier alpha value is -6.16. The molecule has 2 nitrogen and oxygen atoms in total. The minimum absolute atomic E-state index is 0.702. The van der Waals surface area contributed by atoms with Crippen LogP contribution in [0.1, 0.15) is 0 Å². The summed E-state index contributed by atoms with van der Waals surface area (Å²) in [6, 6.07) is 64.4. The topological polar surface area (TPSA) is 25.8 Å². The van der Waals surface area contributed by atoms with Crippen LogP contribution >= 0.6 is 11.3 Å². The fraction of sp³-hybridized carbons (Fsp3) is 0. The summed E-state index contributed by atoms with van der Waals surface area (Å²) in [5.74, 6) is 0.702. The molecule has 0 amide bonds. The summed E-state index contributed by atoms with van der Waals surface area (Å²) in [4.78, 5) is 10.5. The Morgan fingerprint density at radius 3 is 1.65 bits per heavy atom. The molecule has 3 heteroatoms. The minimum atomic E-state index is 0.702. The van der Waals surface area contributed by atoms with E-state index in [0.717, 1.165) is 50.3 Å². The van der Waals surface area contributed by atoms with Crippen molar-refractivity contribution in [3.8, 4) is 67.3 Å². The fourth-order valence-electron chi connectivity index (χ4n) is 6.77. The zero-order valence-electron chi connectivity index (χ0n) is 26.6. The molecule has 0 bridgehead atoms. The quantitative estimate of drug-likeness (QED) is 0.180. The first kappa shape index (κ1) is 29.0. The van der Waals surface area contributed by atoms with Crippen LogP contribution in [0.4, 0.5) is 0 Å². The average Bonchev–Trinajstić information content (AvgIpc) is 3.58. The lowest BCUT2D eigenvalue weighted by Gasteiger charge is -2.15. The van der Waals surface area contributed by atoms with Gasteiger partial charge in [0.2, 0.25) is 0 Å². The molecule has 2 heterocycles. The van der Waals surface area contributed by atoms with Gasteiger partial charge in [-0.05, 0) is 69.8 Å². The van der Waals surface area contributed by atoms with Crippen molar-refractivity contribution in [3.63, 3.8) is 0 Å². The molecular formula is C46H30N2S. The molecule has 0 aliphatic rings. The van der Waals surface area contributed by atoms with Crippen molar-refractivity contribution in [2.75, 3.05) is 0 Å². The molecule has 0 saturated heterocycles. The first-order chi connectivity index (χ1) is 24.3. The van der Waals surface area contributed by atoms with Crippen molar-refractivity contribution in [3.05, 3.63) is 182 Å². The van der Waals surface area contributed by atoms with Crippen LogP contribution in [0, 0.1) is 0 Å². The molecule has 0 fully saturated rings. The fourth-order valence-corrected chi connectivity index (χ4v) is 7.90. The zero-order valence-corrected chi connectivity index (χ0v) is 27.4. The summed E-state index contributed by atoms with van der Waals surface area (Å²) in [6.07, 6.45) is 0. The monoisotopic (exact) mass is 642 g/mol. The molecule has 9 aromatic rings. The standard InChI is InChI=1S/C46H30N2S/c1-4-15-31(16-5-1)34-27-35(38-24-14-26-44-45(38)40-23-12-13-25-43(40)49-44)29-36(28-34)41-30-42(48-46(47-41)33-19-8-3-9-20-33)39-22-11-10-21-37(39)32-17-6-2-7-18-32/h1-30H. The smallest absolute Gasteiger partial charge is 0.160 e. The second-order valence-electron chi connectivity index (χ2n) is 12.2. The molecule has 0 spiro atoms. The van der Waals surface area contributed by atoms with E-state index < -0.39 is 0 Å². The summed E-state index contributed by atoms with van der Waals surface area (Å²) < 4.78 is 2.59. The van der Waals surface area contributed by atoms with E-state index >= 15 is 0 Å². The summed E-state index contributed by atoms with van der Waals surface area (Å²) in [5.41, 5.74) is 11.9. The molecule has 230 valence electrons. The van der Waals surface area contributed by atoms with Crippen molar-refractivity contribution in [2.24, 2.45) is 0 Å². The van der Waals surface area contributed by atoms with Gasteiger partial charge in [-0.2, -0.15) is 0 Å². The van der Waals surface area contributed by atoms with Gasteiger partial charge in [0.15, 0.2) is 5.82 Å². The molecule has 0 N–H and O–H groups in total. The second-order valence-corrected chi connectivity index (χ2v) is 13.3. The van der Waals surface area contributed by atoms with E-state index in [2.05, 4.69) is 164 Å². The molecule has 0 aliphatic heterocycles. The highest BCUT2D eigenvalue weighted by Crippen LogP contribution is 2.42. The molecule has 0 atom stereocenters. The number of aromatic nitrogens is 2. The number of benzene rings is 7. The summed E-state index contributed by atoms with van der Waals surface area (Å²) in [5, 5.41) is 2.59. The van der Waals surface area contributed by atoms with Crippen molar-refractivity contribution < 1.29 is 0 Å². The van der Waals surface area contributed by atoms with Crippen molar-refractivity contribution >= 4 is 31.5 Å². The third-order valence-electron chi connectivity index (χ3n) is 9.10. The van der Waals surface area contributed by atoms with Gasteiger partial charge in [0, 0.05) is 36.9 Å². The highest BCUT2D eigenvalue weighted by molar-refractivity contribution is 7.25. The maximum Gasteiger partial charge on any atom is 0.160 e. The summed E-state index contributed by atoms with van der Waals surface area (Å²) in [6.45, 7) is 0. The second kappa shape index (κ2) is 12.5. The maximum absolute atomic E-state index is 5.26. The van der Waals surface area contributed by atoms with Crippen molar-refractivity contribution in [1.82, 2.24) is 9.97 Å². The Kier molecular flexibility index (Phi) is 7.38. The van der Waals surface area contributed by atoms with E-state index in [0.29, 0.717) is 5.82 Å². The Morgan fingerprint density at radius 2 is 0.878 bits per heavy atom. The van der Waals surface area contributed by atoms with Crippen LogP contribution in [0.25, 0.3) is 87.5 Å². The maximum atomic E-state index is 5.26. The Labute approximate surface area is 289 Å². The molecule has 9 rings (SSSR count). The van der Waals surface area contributed by atoms with Crippen LogP contribution < -0.4 is 0 Å². The average molecular weight is 643 g/mol. The third kappa shape index (κ3) is 5.50. The third-order valence-corrected chi connectivity index (χ3v) is 10.2. The number of fused-ring (bicyclic) bond motifs is 3. The predicted octanol–water partition coefficient (Wildman–Crippen LogP) is 12.8. The number of thiophene rings is 1. The Bertz CT molecular complexity index is 2590. The van der Waals surface area contributed by atoms with Gasteiger partial charge in [-0.25, -0.2) is 9.97 Å². The van der Waals surface area contributed by atoms with E-state index in [-0.39, 0.29) is 0 Å². The normalized spacial score (nSPS) is 11.3. The molecule has 0 radical (unpaired) electrons. The minimum Gasteiger partial charge on any atom is -0.228 e. The first-order valence-corrected chi connectivity index (χ1v) is 17.3. The van der Waals surface area contributed by atoms with Gasteiger partial charge < -0.3 is 0 Å². The van der Waals surface area contributed by atoms with Crippen LogP contribution in [-0.4, -0.2) is 9.97 Å². The lowest BCUT2D eigenvalue weighted by Crippen LogP contribution is -1.97. The Morgan fingerprint density at radius 1 is 0.327 bits per heavy atom. The number of hydrogen-bond acceptors (Lipinski definition) is 3. The first-order valence-electron chi connectivity index (χ1n) is 16.5. The zero-order chi connectivity index (χ0) is 32.6. The number of nitrogens with zero attached hydrogens (tertiary/aromatic N) is 2. The molecule has 0 unspecified atom stereocenters. The molecule has 49 heavy (non-hydrogen) atoms. The predicted molar refractivity (Wildman–Crippen MR) is 208 cm³/mol. The van der Waals surface area contributed by atoms with Crippen LogP contribution in [-0.2, 0) is 0 Å². The largest absolute Gasteiger partial charge is 0.228 e. The van der Waals surface area contributed by atoms with Crippen LogP contribution in [0.15, 0.2) is 182 Å². The van der Waals surface area contributed by atoms with Crippen molar-refractivity contribution in [1.29, 1.82) is 0 Å². The van der Waals surface area contributed by atoms with Gasteiger partial charge in [-0.1, -0.05) is 146 Å². The molecular weight excluding hydrogens is 613 g/mol. The highest BCUT2D eigenvalue weighted by atomic mass is 32.1. The van der Waals surface area contributed by atoms with Gasteiger partial charge in [0.25, 0.3) is 0 Å². The lowest BCUT2D eigenvalue weighted by molar-refractivity contribution is 1.18. The van der Waals surface area contributed by atoms with Gasteiger partial charge in [0.1, 0.15) is 0 Å². The summed E-state index contributed by atoms with van der Waals surface area (Å²) >= 11 is 1.85. The highest BCUT2D eigenvalue weighted by Gasteiger charge is 2.17. The van der Waals surface area contributed by atoms with Crippen LogP contribution in [0.3, 0.4) is 0 Å². The van der Waals surface area contributed by atoms with E-state index in [1.807, 2.05) is 29.5 Å². The molecule has 7 aromatic carbocycles. The van der Waals surface area contributed by atoms with Crippen LogP contribution in [0.2, 0.25) is 0 Å². The lowest BCUT2D eigenvalue weighted by atomic mass is 9.92. The summed E-state index contributed by atoms with van der Waals surface area (Å²) in [7, 11) is 0. The van der Waals surface area contributed by atoms with Gasteiger partial charge in [0.05, 0.1) is 11.4 Å². The van der Waals surface area contributed by atoms with E-state index in [4.69, 9.17) is 9.97 Å². The van der Waals surface area contributed by atoms with E-state index in [9.17, 15) is 0 Å². The van der Waals surface area contributed by atoms with E-state index in [1.165, 1.54) is 31.3 Å². The molecule has 0 aliphatic carbocycles. The molecule has 2 aromatic heterocycles. The van der Waals surface area contributed by atoms with Crippen LogP contribution in [0.5, 0.6) is 0 Å². The SMILES string of the molecule is c1ccc(-c2cc(-c3cc(-c4ccccc4-c4ccccc4)nc(-c4ccccc4)n3)cc(-c3cccc4sc5ccccc5c34)c2)cc1. The number of hydrogen-bond donors (Lipinski definition) is 0. The Balaban J connectivity index is 1.31. The molecule has 0 saturated carbocycles.